The first-order valence-electron chi connectivity index (χ1n) is 9.97. The van der Waals surface area contributed by atoms with Crippen molar-refractivity contribution in [2.45, 2.75) is 85.0 Å². The van der Waals surface area contributed by atoms with E-state index in [9.17, 15) is 0 Å². The molecule has 0 atom stereocenters. The Hall–Kier alpha value is -0.820. The molecule has 0 saturated carbocycles. The summed E-state index contributed by atoms with van der Waals surface area (Å²) in [6.45, 7) is 20.2. The van der Waals surface area contributed by atoms with Crippen LogP contribution in [0.4, 0.5) is 0 Å². The maximum atomic E-state index is 2.64. The zero-order chi connectivity index (χ0) is 18.0. The van der Waals surface area contributed by atoms with Crippen molar-refractivity contribution in [3.8, 4) is 0 Å². The molecule has 0 amide bonds. The molecule has 2 rings (SSSR count). The zero-order valence-electron chi connectivity index (χ0n) is 17.2. The third-order valence-electron chi connectivity index (χ3n) is 5.47. The summed E-state index contributed by atoms with van der Waals surface area (Å²) in [5.41, 5.74) is 5.02. The highest BCUT2D eigenvalue weighted by Gasteiger charge is 2.26. The monoisotopic (exact) mass is 329 g/mol. The van der Waals surface area contributed by atoms with Crippen LogP contribution in [0, 0.1) is 5.92 Å². The summed E-state index contributed by atoms with van der Waals surface area (Å²) in [6.07, 6.45) is 5.28. The van der Waals surface area contributed by atoms with E-state index in [0.29, 0.717) is 0 Å². The first-order valence-corrected chi connectivity index (χ1v) is 9.97. The van der Waals surface area contributed by atoms with Crippen molar-refractivity contribution in [1.29, 1.82) is 0 Å². The number of hydrogen-bond acceptors (Lipinski definition) is 1. The zero-order valence-corrected chi connectivity index (χ0v) is 17.2. The second-order valence-corrected chi connectivity index (χ2v) is 9.87. The Morgan fingerprint density at radius 3 is 2.00 bits per heavy atom. The van der Waals surface area contributed by atoms with E-state index in [0.717, 1.165) is 5.92 Å². The Balaban J connectivity index is 2.12. The van der Waals surface area contributed by atoms with Crippen LogP contribution in [-0.4, -0.2) is 24.5 Å². The maximum Gasteiger partial charge on any atom is -0.00160 e. The van der Waals surface area contributed by atoms with Gasteiger partial charge < -0.3 is 4.90 Å². The topological polar surface area (TPSA) is 3.24 Å². The van der Waals surface area contributed by atoms with Crippen LogP contribution in [0.1, 0.15) is 84.4 Å². The Morgan fingerprint density at radius 1 is 0.917 bits per heavy atom. The number of likely N-dealkylation sites (tertiary alicyclic amines) is 1. The molecule has 0 bridgehead atoms. The molecule has 1 aromatic rings. The van der Waals surface area contributed by atoms with Crippen LogP contribution in [0.25, 0.3) is 0 Å². The quantitative estimate of drug-likeness (QED) is 0.660. The average molecular weight is 330 g/mol. The van der Waals surface area contributed by atoms with E-state index in [-0.39, 0.29) is 10.8 Å². The van der Waals surface area contributed by atoms with Crippen LogP contribution in [0.2, 0.25) is 0 Å². The average Bonchev–Trinajstić information content (AvgIpc) is 2.47. The molecule has 0 radical (unpaired) electrons. The third-order valence-corrected chi connectivity index (χ3v) is 5.47. The fourth-order valence-corrected chi connectivity index (χ4v) is 4.06. The first kappa shape index (κ1) is 19.5. The van der Waals surface area contributed by atoms with Crippen molar-refractivity contribution in [3.63, 3.8) is 0 Å². The molecule has 1 nitrogen and oxygen atoms in total. The molecule has 0 unspecified atom stereocenters. The molecule has 0 spiro atoms. The smallest absolute Gasteiger partial charge is 0.00160 e. The van der Waals surface area contributed by atoms with E-state index in [1.165, 1.54) is 56.4 Å². The highest BCUT2D eigenvalue weighted by molar-refractivity contribution is 5.40. The molecule has 0 aromatic heterocycles. The van der Waals surface area contributed by atoms with E-state index < -0.39 is 0 Å². The van der Waals surface area contributed by atoms with Crippen molar-refractivity contribution in [2.24, 2.45) is 5.92 Å². The van der Waals surface area contributed by atoms with Crippen molar-refractivity contribution in [2.75, 3.05) is 19.6 Å². The van der Waals surface area contributed by atoms with Gasteiger partial charge in [0.1, 0.15) is 0 Å². The van der Waals surface area contributed by atoms with E-state index in [2.05, 4.69) is 71.6 Å². The molecule has 1 fully saturated rings. The van der Waals surface area contributed by atoms with Gasteiger partial charge in [-0.15, -0.1) is 0 Å². The molecule has 1 heterocycles. The SMILES string of the molecule is CCCN1CCC(Cc2ccc(C(C)(C)C)c(C(C)(C)C)c2)CC1. The Morgan fingerprint density at radius 2 is 1.50 bits per heavy atom. The minimum Gasteiger partial charge on any atom is -0.303 e. The normalized spacial score (nSPS) is 18.1. The minimum absolute atomic E-state index is 0.211. The summed E-state index contributed by atoms with van der Waals surface area (Å²) in [5.74, 6) is 0.867. The van der Waals surface area contributed by atoms with Crippen molar-refractivity contribution in [1.82, 2.24) is 4.90 Å². The van der Waals surface area contributed by atoms with E-state index in [1.54, 1.807) is 5.56 Å². The molecule has 0 N–H and O–H groups in total. The summed E-state index contributed by atoms with van der Waals surface area (Å²) in [5, 5.41) is 0. The number of rotatable bonds is 4. The van der Waals surface area contributed by atoms with Crippen LogP contribution in [0.3, 0.4) is 0 Å². The van der Waals surface area contributed by atoms with Gasteiger partial charge in [-0.05, 0) is 78.8 Å². The predicted molar refractivity (Wildman–Crippen MR) is 107 cm³/mol. The predicted octanol–water partition coefficient (Wildman–Crippen LogP) is 5.95. The number of piperidine rings is 1. The molecule has 24 heavy (non-hydrogen) atoms. The summed E-state index contributed by atoms with van der Waals surface area (Å²) < 4.78 is 0. The fourth-order valence-electron chi connectivity index (χ4n) is 4.06. The Kier molecular flexibility index (Phi) is 6.18. The molecule has 136 valence electrons. The fraction of sp³-hybridized carbons (Fsp3) is 0.739. The number of nitrogens with zero attached hydrogens (tertiary/aromatic N) is 1. The standard InChI is InChI=1S/C23H39N/c1-8-13-24-14-11-18(12-15-24)16-19-9-10-20(22(2,3)4)21(17-19)23(5,6)7/h9-10,17-18H,8,11-16H2,1-7H3. The van der Waals surface area contributed by atoms with Gasteiger partial charge in [0, 0.05) is 0 Å². The van der Waals surface area contributed by atoms with Gasteiger partial charge in [0.05, 0.1) is 0 Å². The lowest BCUT2D eigenvalue weighted by Gasteiger charge is -2.33. The molecular formula is C23H39N. The molecule has 1 saturated heterocycles. The molecule has 1 aromatic carbocycles. The highest BCUT2D eigenvalue weighted by Crippen LogP contribution is 2.35. The summed E-state index contributed by atoms with van der Waals surface area (Å²) in [4.78, 5) is 2.64. The van der Waals surface area contributed by atoms with E-state index >= 15 is 0 Å². The van der Waals surface area contributed by atoms with E-state index in [4.69, 9.17) is 0 Å². The second kappa shape index (κ2) is 7.60. The third kappa shape index (κ3) is 5.09. The summed E-state index contributed by atoms with van der Waals surface area (Å²) in [7, 11) is 0. The van der Waals surface area contributed by atoms with E-state index in [1.807, 2.05) is 0 Å². The van der Waals surface area contributed by atoms with Crippen LogP contribution >= 0.6 is 0 Å². The van der Waals surface area contributed by atoms with Gasteiger partial charge in [0.15, 0.2) is 0 Å². The lowest BCUT2D eigenvalue weighted by atomic mass is 9.74. The van der Waals surface area contributed by atoms with Crippen molar-refractivity contribution < 1.29 is 0 Å². The summed E-state index contributed by atoms with van der Waals surface area (Å²) in [6, 6.07) is 7.31. The van der Waals surface area contributed by atoms with Crippen LogP contribution in [-0.2, 0) is 17.3 Å². The van der Waals surface area contributed by atoms with Crippen LogP contribution < -0.4 is 0 Å². The number of hydrogen-bond donors (Lipinski definition) is 0. The molecule has 1 heteroatoms. The largest absolute Gasteiger partial charge is 0.303 e. The molecule has 0 aliphatic carbocycles. The van der Waals surface area contributed by atoms with Gasteiger partial charge in [-0.1, -0.05) is 66.7 Å². The van der Waals surface area contributed by atoms with Crippen molar-refractivity contribution >= 4 is 0 Å². The van der Waals surface area contributed by atoms with Gasteiger partial charge in [-0.2, -0.15) is 0 Å². The maximum absolute atomic E-state index is 2.64. The lowest BCUT2D eigenvalue weighted by molar-refractivity contribution is 0.184. The van der Waals surface area contributed by atoms with Gasteiger partial charge in [-0.25, -0.2) is 0 Å². The Bertz CT molecular complexity index is 522. The van der Waals surface area contributed by atoms with Crippen LogP contribution in [0.15, 0.2) is 18.2 Å². The molecule has 1 aliphatic rings. The second-order valence-electron chi connectivity index (χ2n) is 9.87. The van der Waals surface area contributed by atoms with Crippen molar-refractivity contribution in [3.05, 3.63) is 34.9 Å². The minimum atomic E-state index is 0.211. The number of benzene rings is 1. The highest BCUT2D eigenvalue weighted by atomic mass is 15.1. The van der Waals surface area contributed by atoms with Crippen LogP contribution in [0.5, 0.6) is 0 Å². The molecular weight excluding hydrogens is 290 g/mol. The Labute approximate surface area is 150 Å². The van der Waals surface area contributed by atoms with Gasteiger partial charge >= 0.3 is 0 Å². The summed E-state index contributed by atoms with van der Waals surface area (Å²) >= 11 is 0. The van der Waals surface area contributed by atoms with Gasteiger partial charge in [0.2, 0.25) is 0 Å². The van der Waals surface area contributed by atoms with Gasteiger partial charge in [-0.3, -0.25) is 0 Å². The first-order chi connectivity index (χ1) is 11.1. The van der Waals surface area contributed by atoms with Gasteiger partial charge in [0.25, 0.3) is 0 Å². The molecule has 1 aliphatic heterocycles. The lowest BCUT2D eigenvalue weighted by Crippen LogP contribution is -2.34.